The van der Waals surface area contributed by atoms with Gasteiger partial charge in [-0.1, -0.05) is 46.8 Å². The van der Waals surface area contributed by atoms with Crippen LogP contribution < -0.4 is 4.74 Å². The molecule has 1 heterocycles. The van der Waals surface area contributed by atoms with Crippen LogP contribution in [0.3, 0.4) is 0 Å². The molecule has 2 rings (SSSR count). The summed E-state index contributed by atoms with van der Waals surface area (Å²) in [5.74, 6) is 0.819. The summed E-state index contributed by atoms with van der Waals surface area (Å²) < 4.78 is 6.26. The molecule has 0 atom stereocenters. The van der Waals surface area contributed by atoms with Gasteiger partial charge in [0.2, 0.25) is 0 Å². The summed E-state index contributed by atoms with van der Waals surface area (Å²) in [5.41, 5.74) is 5.50. The zero-order valence-electron chi connectivity index (χ0n) is 18.3. The molecule has 4 heteroatoms. The van der Waals surface area contributed by atoms with E-state index in [2.05, 4.69) is 58.2 Å². The van der Waals surface area contributed by atoms with Gasteiger partial charge in [-0.15, -0.1) is 11.3 Å². The fourth-order valence-corrected chi connectivity index (χ4v) is 3.93. The van der Waals surface area contributed by atoms with Crippen molar-refractivity contribution < 1.29 is 14.6 Å². The van der Waals surface area contributed by atoms with Crippen LogP contribution in [0.4, 0.5) is 0 Å². The summed E-state index contributed by atoms with van der Waals surface area (Å²) in [6, 6.07) is 6.66. The molecule has 2 aromatic rings. The second kappa shape index (κ2) is 10.4. The van der Waals surface area contributed by atoms with Crippen LogP contribution in [0.15, 0.2) is 41.3 Å². The van der Waals surface area contributed by atoms with Crippen LogP contribution in [0.5, 0.6) is 5.75 Å². The van der Waals surface area contributed by atoms with Crippen molar-refractivity contribution in [1.29, 1.82) is 0 Å². The molecular formula is C25H32O3S. The number of carboxylic acids is 1. The van der Waals surface area contributed by atoms with Crippen LogP contribution >= 0.6 is 11.3 Å². The minimum Gasteiger partial charge on any atom is -0.493 e. The summed E-state index contributed by atoms with van der Waals surface area (Å²) in [4.78, 5) is 12.0. The van der Waals surface area contributed by atoms with E-state index in [4.69, 9.17) is 9.84 Å². The van der Waals surface area contributed by atoms with Crippen molar-refractivity contribution in [3.63, 3.8) is 0 Å². The van der Waals surface area contributed by atoms with Gasteiger partial charge in [0.15, 0.2) is 0 Å². The van der Waals surface area contributed by atoms with E-state index in [1.807, 2.05) is 12.2 Å². The van der Waals surface area contributed by atoms with Crippen LogP contribution in [-0.4, -0.2) is 17.7 Å². The van der Waals surface area contributed by atoms with Gasteiger partial charge in [0.05, 0.1) is 6.61 Å². The van der Waals surface area contributed by atoms with Crippen molar-refractivity contribution in [2.24, 2.45) is 0 Å². The zero-order valence-corrected chi connectivity index (χ0v) is 19.1. The van der Waals surface area contributed by atoms with Crippen LogP contribution in [0, 0.1) is 0 Å². The number of benzene rings is 1. The first-order valence-electron chi connectivity index (χ1n) is 10.2. The van der Waals surface area contributed by atoms with Crippen molar-refractivity contribution in [2.75, 3.05) is 6.61 Å². The first kappa shape index (κ1) is 23.0. The Balaban J connectivity index is 2.63. The SMILES string of the molecule is CCCOc1c(-c2ccsc2/C=C/C(C)=C/C(=O)O)cc(C(C)C)cc1C(C)C. The normalized spacial score (nSPS) is 12.3. The van der Waals surface area contributed by atoms with E-state index in [1.54, 1.807) is 18.3 Å². The minimum absolute atomic E-state index is 0.359. The molecule has 0 radical (unpaired) electrons. The fourth-order valence-electron chi connectivity index (χ4n) is 3.12. The molecule has 29 heavy (non-hydrogen) atoms. The Labute approximate surface area is 178 Å². The number of carbonyl (C=O) groups is 1. The average Bonchev–Trinajstić information content (AvgIpc) is 3.11. The Bertz CT molecular complexity index is 901. The number of rotatable bonds is 9. The topological polar surface area (TPSA) is 46.5 Å². The number of hydrogen-bond acceptors (Lipinski definition) is 3. The van der Waals surface area contributed by atoms with Crippen molar-refractivity contribution in [3.8, 4) is 16.9 Å². The Morgan fingerprint density at radius 1 is 1.17 bits per heavy atom. The molecule has 1 aromatic heterocycles. The summed E-state index contributed by atoms with van der Waals surface area (Å²) in [5, 5.41) is 11.0. The van der Waals surface area contributed by atoms with E-state index in [0.717, 1.165) is 28.2 Å². The average molecular weight is 413 g/mol. The molecule has 156 valence electrons. The lowest BCUT2D eigenvalue weighted by molar-refractivity contribution is -0.131. The molecule has 1 aromatic carbocycles. The van der Waals surface area contributed by atoms with Crippen molar-refractivity contribution >= 4 is 23.4 Å². The van der Waals surface area contributed by atoms with Crippen molar-refractivity contribution in [3.05, 3.63) is 57.3 Å². The van der Waals surface area contributed by atoms with Gasteiger partial charge < -0.3 is 9.84 Å². The molecule has 1 N–H and O–H groups in total. The monoisotopic (exact) mass is 412 g/mol. The number of allylic oxidation sites excluding steroid dienone is 2. The first-order valence-corrected chi connectivity index (χ1v) is 11.1. The van der Waals surface area contributed by atoms with Gasteiger partial charge in [-0.05, 0) is 65.5 Å². The molecule has 0 bridgehead atoms. The largest absolute Gasteiger partial charge is 0.493 e. The summed E-state index contributed by atoms with van der Waals surface area (Å²) in [6.45, 7) is 13.4. The van der Waals surface area contributed by atoms with Gasteiger partial charge in [0, 0.05) is 22.1 Å². The highest BCUT2D eigenvalue weighted by Crippen LogP contribution is 2.42. The molecular weight excluding hydrogens is 380 g/mol. The minimum atomic E-state index is -0.931. The van der Waals surface area contributed by atoms with Gasteiger partial charge in [-0.3, -0.25) is 0 Å². The molecule has 3 nitrogen and oxygen atoms in total. The van der Waals surface area contributed by atoms with Crippen molar-refractivity contribution in [1.82, 2.24) is 0 Å². The molecule has 0 amide bonds. The third kappa shape index (κ3) is 6.07. The highest BCUT2D eigenvalue weighted by Gasteiger charge is 2.19. The maximum absolute atomic E-state index is 10.9. The summed E-state index contributed by atoms with van der Waals surface area (Å²) in [6.07, 6.45) is 6.02. The number of aliphatic carboxylic acids is 1. The first-order chi connectivity index (χ1) is 13.7. The number of ether oxygens (including phenoxy) is 1. The van der Waals surface area contributed by atoms with E-state index in [9.17, 15) is 4.79 Å². The van der Waals surface area contributed by atoms with Gasteiger partial charge in [0.25, 0.3) is 0 Å². The highest BCUT2D eigenvalue weighted by molar-refractivity contribution is 7.11. The number of thiophene rings is 1. The van der Waals surface area contributed by atoms with E-state index >= 15 is 0 Å². The quantitative estimate of drug-likeness (QED) is 0.343. The lowest BCUT2D eigenvalue weighted by Crippen LogP contribution is -2.04. The fraction of sp³-hybridized carbons (Fsp3) is 0.400. The molecule has 0 unspecified atom stereocenters. The van der Waals surface area contributed by atoms with E-state index in [0.29, 0.717) is 24.0 Å². The van der Waals surface area contributed by atoms with E-state index in [-0.39, 0.29) is 0 Å². The Morgan fingerprint density at radius 2 is 1.90 bits per heavy atom. The Hall–Kier alpha value is -2.33. The smallest absolute Gasteiger partial charge is 0.328 e. The predicted molar refractivity (Wildman–Crippen MR) is 124 cm³/mol. The Kier molecular flexibility index (Phi) is 8.27. The van der Waals surface area contributed by atoms with Crippen molar-refractivity contribution in [2.45, 2.75) is 59.8 Å². The second-order valence-corrected chi connectivity index (χ2v) is 8.85. The summed E-state index contributed by atoms with van der Waals surface area (Å²) >= 11 is 1.65. The molecule has 0 aliphatic rings. The molecule has 0 saturated carbocycles. The number of hydrogen-bond donors (Lipinski definition) is 1. The molecule has 0 aliphatic heterocycles. The molecule has 0 spiro atoms. The van der Waals surface area contributed by atoms with Gasteiger partial charge in [-0.25, -0.2) is 4.79 Å². The zero-order chi connectivity index (χ0) is 21.6. The maximum Gasteiger partial charge on any atom is 0.328 e. The van der Waals surface area contributed by atoms with Crippen LogP contribution in [0.1, 0.15) is 75.8 Å². The van der Waals surface area contributed by atoms with Crippen LogP contribution in [0.2, 0.25) is 0 Å². The third-order valence-corrected chi connectivity index (χ3v) is 5.60. The van der Waals surface area contributed by atoms with Gasteiger partial charge in [-0.2, -0.15) is 0 Å². The van der Waals surface area contributed by atoms with Crippen LogP contribution in [-0.2, 0) is 4.79 Å². The molecule has 0 fully saturated rings. The maximum atomic E-state index is 10.9. The Morgan fingerprint density at radius 3 is 2.48 bits per heavy atom. The molecule has 0 saturated heterocycles. The lowest BCUT2D eigenvalue weighted by Gasteiger charge is -2.21. The predicted octanol–water partition coefficient (Wildman–Crippen LogP) is 7.49. The standard InChI is InChI=1S/C25H32O3S/c1-7-11-28-25-21(17(4)5)14-19(16(2)3)15-22(25)20-10-12-29-23(20)9-8-18(6)13-24(26)27/h8-10,12-17H,7,11H2,1-6H3,(H,26,27)/b9-8+,18-13+. The second-order valence-electron chi connectivity index (χ2n) is 7.90. The summed E-state index contributed by atoms with van der Waals surface area (Å²) in [7, 11) is 0. The van der Waals surface area contributed by atoms with E-state index < -0.39 is 5.97 Å². The third-order valence-electron chi connectivity index (χ3n) is 4.71. The van der Waals surface area contributed by atoms with Gasteiger partial charge in [0.1, 0.15) is 5.75 Å². The number of carboxylic acid groups (broad SMARTS) is 1. The lowest BCUT2D eigenvalue weighted by atomic mass is 9.89. The highest BCUT2D eigenvalue weighted by atomic mass is 32.1. The van der Waals surface area contributed by atoms with Crippen LogP contribution in [0.25, 0.3) is 17.2 Å². The van der Waals surface area contributed by atoms with E-state index in [1.165, 1.54) is 17.2 Å². The molecule has 0 aliphatic carbocycles. The van der Waals surface area contributed by atoms with Gasteiger partial charge >= 0.3 is 5.97 Å².